The lowest BCUT2D eigenvalue weighted by Crippen LogP contribution is -2.13. The lowest BCUT2D eigenvalue weighted by Gasteiger charge is -2.12. The summed E-state index contributed by atoms with van der Waals surface area (Å²) in [4.78, 5) is 4.61. The van der Waals surface area contributed by atoms with Crippen molar-refractivity contribution in [3.63, 3.8) is 0 Å². The predicted octanol–water partition coefficient (Wildman–Crippen LogP) is 2.77. The highest BCUT2D eigenvalue weighted by Gasteiger charge is 2.08. The number of hydrogen-bond donors (Lipinski definition) is 1. The van der Waals surface area contributed by atoms with E-state index in [4.69, 9.17) is 0 Å². The molecule has 0 aliphatic heterocycles. The Balaban J connectivity index is 1.80. The normalized spacial score (nSPS) is 11.3. The van der Waals surface area contributed by atoms with Crippen LogP contribution in [0.1, 0.15) is 25.5 Å². The molecule has 3 aromatic heterocycles. The Labute approximate surface area is 118 Å². The van der Waals surface area contributed by atoms with Gasteiger partial charge in [0.1, 0.15) is 5.82 Å². The van der Waals surface area contributed by atoms with Gasteiger partial charge in [-0.15, -0.1) is 0 Å². The lowest BCUT2D eigenvalue weighted by molar-refractivity contribution is 0.726. The fourth-order valence-electron chi connectivity index (χ4n) is 2.19. The summed E-state index contributed by atoms with van der Waals surface area (Å²) in [6.07, 6.45) is 5.91. The molecule has 0 saturated heterocycles. The molecule has 3 heterocycles. The first-order chi connectivity index (χ1) is 9.74. The third kappa shape index (κ3) is 2.52. The van der Waals surface area contributed by atoms with Crippen molar-refractivity contribution in [2.75, 3.05) is 11.9 Å². The van der Waals surface area contributed by atoms with Crippen LogP contribution in [-0.4, -0.2) is 25.7 Å². The summed E-state index contributed by atoms with van der Waals surface area (Å²) in [5.41, 5.74) is 1.97. The van der Waals surface area contributed by atoms with Crippen LogP contribution in [0.2, 0.25) is 0 Å². The third-order valence-electron chi connectivity index (χ3n) is 3.31. The highest BCUT2D eigenvalue weighted by atomic mass is 15.3. The molecule has 3 aromatic rings. The molecule has 3 rings (SSSR count). The van der Waals surface area contributed by atoms with Crippen molar-refractivity contribution >= 4 is 11.5 Å². The van der Waals surface area contributed by atoms with Crippen molar-refractivity contribution in [3.05, 3.63) is 48.5 Å². The SMILES string of the molecule is CC(C)c1cc(NCCn2cccc2)n2nccc2n1. The van der Waals surface area contributed by atoms with Crippen LogP contribution in [0.25, 0.3) is 5.65 Å². The molecule has 0 amide bonds. The van der Waals surface area contributed by atoms with Gasteiger partial charge in [0, 0.05) is 43.3 Å². The van der Waals surface area contributed by atoms with Crippen LogP contribution in [0, 0.1) is 0 Å². The smallest absolute Gasteiger partial charge is 0.157 e. The molecule has 0 atom stereocenters. The van der Waals surface area contributed by atoms with Crippen LogP contribution >= 0.6 is 0 Å². The van der Waals surface area contributed by atoms with E-state index in [1.807, 2.05) is 22.7 Å². The zero-order valence-electron chi connectivity index (χ0n) is 11.8. The summed E-state index contributed by atoms with van der Waals surface area (Å²) in [6, 6.07) is 8.09. The summed E-state index contributed by atoms with van der Waals surface area (Å²) < 4.78 is 4.00. The molecule has 0 bridgehead atoms. The van der Waals surface area contributed by atoms with E-state index < -0.39 is 0 Å². The Morgan fingerprint density at radius 1 is 1.25 bits per heavy atom. The Morgan fingerprint density at radius 2 is 2.05 bits per heavy atom. The molecular formula is C15H19N5. The van der Waals surface area contributed by atoms with Crippen LogP contribution in [0.4, 0.5) is 5.82 Å². The zero-order chi connectivity index (χ0) is 13.9. The number of rotatable bonds is 5. The van der Waals surface area contributed by atoms with Crippen molar-refractivity contribution in [2.45, 2.75) is 26.3 Å². The summed E-state index contributed by atoms with van der Waals surface area (Å²) in [7, 11) is 0. The first-order valence-corrected chi connectivity index (χ1v) is 6.93. The number of aromatic nitrogens is 4. The Kier molecular flexibility index (Phi) is 3.41. The molecule has 104 valence electrons. The van der Waals surface area contributed by atoms with Gasteiger partial charge in [0.25, 0.3) is 0 Å². The number of fused-ring (bicyclic) bond motifs is 1. The standard InChI is InChI=1S/C15H19N5/c1-12(2)13-11-15(20-14(18-13)5-6-17-20)16-7-10-19-8-3-4-9-19/h3-6,8-9,11-12,16H,7,10H2,1-2H3. The van der Waals surface area contributed by atoms with Crippen molar-refractivity contribution < 1.29 is 0 Å². The minimum Gasteiger partial charge on any atom is -0.368 e. The molecule has 5 heteroatoms. The summed E-state index contributed by atoms with van der Waals surface area (Å²) >= 11 is 0. The van der Waals surface area contributed by atoms with Gasteiger partial charge >= 0.3 is 0 Å². The molecular weight excluding hydrogens is 250 g/mol. The molecule has 0 spiro atoms. The molecule has 0 aromatic carbocycles. The molecule has 20 heavy (non-hydrogen) atoms. The fourth-order valence-corrected chi connectivity index (χ4v) is 2.19. The van der Waals surface area contributed by atoms with Crippen LogP contribution in [0.5, 0.6) is 0 Å². The average molecular weight is 269 g/mol. The van der Waals surface area contributed by atoms with Crippen LogP contribution in [0.3, 0.4) is 0 Å². The number of nitrogens with one attached hydrogen (secondary N) is 1. The predicted molar refractivity (Wildman–Crippen MR) is 80.0 cm³/mol. The maximum absolute atomic E-state index is 4.61. The minimum absolute atomic E-state index is 0.403. The van der Waals surface area contributed by atoms with E-state index in [1.165, 1.54) is 0 Å². The fraction of sp³-hybridized carbons (Fsp3) is 0.333. The molecule has 0 fully saturated rings. The van der Waals surface area contributed by atoms with E-state index in [0.29, 0.717) is 5.92 Å². The Bertz CT molecular complexity index is 681. The van der Waals surface area contributed by atoms with Gasteiger partial charge in [-0.2, -0.15) is 9.61 Å². The van der Waals surface area contributed by atoms with E-state index in [0.717, 1.165) is 30.2 Å². The Hall–Kier alpha value is -2.30. The second kappa shape index (κ2) is 5.36. The monoisotopic (exact) mass is 269 g/mol. The maximum atomic E-state index is 4.61. The van der Waals surface area contributed by atoms with Crippen LogP contribution < -0.4 is 5.32 Å². The van der Waals surface area contributed by atoms with Crippen molar-refractivity contribution in [1.29, 1.82) is 0 Å². The third-order valence-corrected chi connectivity index (χ3v) is 3.31. The van der Waals surface area contributed by atoms with Gasteiger partial charge in [0.05, 0.1) is 6.20 Å². The van der Waals surface area contributed by atoms with Gasteiger partial charge in [0.15, 0.2) is 5.65 Å². The van der Waals surface area contributed by atoms with E-state index >= 15 is 0 Å². The average Bonchev–Trinajstić information content (AvgIpc) is 3.08. The van der Waals surface area contributed by atoms with E-state index in [2.05, 4.69) is 52.3 Å². The highest BCUT2D eigenvalue weighted by molar-refractivity contribution is 5.49. The van der Waals surface area contributed by atoms with Gasteiger partial charge in [-0.1, -0.05) is 13.8 Å². The molecule has 0 saturated carbocycles. The number of nitrogens with zero attached hydrogens (tertiary/aromatic N) is 4. The van der Waals surface area contributed by atoms with E-state index in [-0.39, 0.29) is 0 Å². The zero-order valence-corrected chi connectivity index (χ0v) is 11.8. The van der Waals surface area contributed by atoms with Crippen LogP contribution in [0.15, 0.2) is 42.9 Å². The van der Waals surface area contributed by atoms with Crippen molar-refractivity contribution in [2.24, 2.45) is 0 Å². The van der Waals surface area contributed by atoms with E-state index in [9.17, 15) is 0 Å². The number of hydrogen-bond acceptors (Lipinski definition) is 3. The largest absolute Gasteiger partial charge is 0.368 e. The second-order valence-electron chi connectivity index (χ2n) is 5.17. The maximum Gasteiger partial charge on any atom is 0.157 e. The van der Waals surface area contributed by atoms with E-state index in [1.54, 1.807) is 6.20 Å². The second-order valence-corrected chi connectivity index (χ2v) is 5.17. The van der Waals surface area contributed by atoms with Gasteiger partial charge < -0.3 is 9.88 Å². The minimum atomic E-state index is 0.403. The van der Waals surface area contributed by atoms with Gasteiger partial charge in [0.2, 0.25) is 0 Å². The summed E-state index contributed by atoms with van der Waals surface area (Å²) in [6.45, 7) is 6.08. The molecule has 0 radical (unpaired) electrons. The highest BCUT2D eigenvalue weighted by Crippen LogP contribution is 2.18. The molecule has 0 unspecified atom stereocenters. The molecule has 1 N–H and O–H groups in total. The molecule has 0 aliphatic carbocycles. The first kappa shape index (κ1) is 12.7. The van der Waals surface area contributed by atoms with Gasteiger partial charge in [-0.25, -0.2) is 4.98 Å². The topological polar surface area (TPSA) is 47.2 Å². The van der Waals surface area contributed by atoms with Crippen molar-refractivity contribution in [3.8, 4) is 0 Å². The van der Waals surface area contributed by atoms with Gasteiger partial charge in [-0.3, -0.25) is 0 Å². The molecule has 5 nitrogen and oxygen atoms in total. The summed E-state index contributed by atoms with van der Waals surface area (Å²) in [5.74, 6) is 1.40. The van der Waals surface area contributed by atoms with Crippen molar-refractivity contribution in [1.82, 2.24) is 19.2 Å². The first-order valence-electron chi connectivity index (χ1n) is 6.93. The Morgan fingerprint density at radius 3 is 2.80 bits per heavy atom. The van der Waals surface area contributed by atoms with Gasteiger partial charge in [-0.05, 0) is 18.1 Å². The molecule has 0 aliphatic rings. The quantitative estimate of drug-likeness (QED) is 0.774. The lowest BCUT2D eigenvalue weighted by atomic mass is 10.1. The van der Waals surface area contributed by atoms with Crippen LogP contribution in [-0.2, 0) is 6.54 Å². The number of anilines is 1. The summed E-state index contributed by atoms with van der Waals surface area (Å²) in [5, 5.41) is 7.77.